The van der Waals surface area contributed by atoms with Crippen LogP contribution >= 0.6 is 0 Å². The summed E-state index contributed by atoms with van der Waals surface area (Å²) < 4.78 is 10.6. The number of rotatable bonds is 19. The number of hydrogen-bond acceptors (Lipinski definition) is 3. The van der Waals surface area contributed by atoms with Crippen molar-refractivity contribution in [2.45, 2.75) is 116 Å². The highest BCUT2D eigenvalue weighted by Gasteiger charge is 2.16. The maximum absolute atomic E-state index is 8.57. The van der Waals surface area contributed by atoms with Crippen LogP contribution in [-0.4, -0.2) is 26.0 Å². The highest BCUT2D eigenvalue weighted by Crippen LogP contribution is 2.16. The van der Waals surface area contributed by atoms with Crippen molar-refractivity contribution in [1.29, 1.82) is 0 Å². The number of hydrogen-bond donors (Lipinski definition) is 0. The van der Waals surface area contributed by atoms with Crippen molar-refractivity contribution in [2.24, 2.45) is 5.11 Å². The van der Waals surface area contributed by atoms with Crippen molar-refractivity contribution in [3.05, 3.63) is 10.4 Å². The second-order valence-electron chi connectivity index (χ2n) is 7.09. The van der Waals surface area contributed by atoms with Gasteiger partial charge in [0.05, 0.1) is 12.1 Å². The highest BCUT2D eigenvalue weighted by molar-refractivity contribution is 4.73. The minimum atomic E-state index is -0.141. The van der Waals surface area contributed by atoms with E-state index < -0.39 is 0 Å². The Balaban J connectivity index is 3.49. The maximum Gasteiger partial charge on any atom is 0.146 e. The lowest BCUT2D eigenvalue weighted by Crippen LogP contribution is -2.25. The van der Waals surface area contributed by atoms with E-state index in [-0.39, 0.29) is 18.9 Å². The summed E-state index contributed by atoms with van der Waals surface area (Å²) in [6, 6.07) is -0.141. The van der Waals surface area contributed by atoms with Gasteiger partial charge in [-0.25, -0.2) is 0 Å². The predicted molar refractivity (Wildman–Crippen MR) is 106 cm³/mol. The van der Waals surface area contributed by atoms with Gasteiger partial charge in [0.2, 0.25) is 0 Å². The Morgan fingerprint density at radius 1 is 0.840 bits per heavy atom. The number of ether oxygens (including phenoxy) is 2. The van der Waals surface area contributed by atoms with Crippen molar-refractivity contribution in [3.63, 3.8) is 0 Å². The topological polar surface area (TPSA) is 67.2 Å². The molecule has 148 valence electrons. The molecule has 0 aliphatic rings. The molecule has 0 aromatic rings. The molecule has 0 heterocycles. The maximum atomic E-state index is 8.57. The lowest BCUT2D eigenvalue weighted by molar-refractivity contribution is -0.0806. The molecule has 0 spiro atoms. The second-order valence-corrected chi connectivity index (χ2v) is 7.09. The van der Waals surface area contributed by atoms with Crippen LogP contribution in [0.25, 0.3) is 10.4 Å². The fourth-order valence-electron chi connectivity index (χ4n) is 3.14. The first-order chi connectivity index (χ1) is 12.3. The number of methoxy groups -OCH3 is 1. The molecule has 0 bridgehead atoms. The Labute approximate surface area is 155 Å². The van der Waals surface area contributed by atoms with Crippen LogP contribution in [0.1, 0.15) is 104 Å². The minimum Gasteiger partial charge on any atom is -0.359 e. The minimum absolute atomic E-state index is 0.0384. The van der Waals surface area contributed by atoms with Gasteiger partial charge in [0.1, 0.15) is 6.79 Å². The van der Waals surface area contributed by atoms with Gasteiger partial charge in [-0.2, -0.15) is 0 Å². The van der Waals surface area contributed by atoms with E-state index in [0.29, 0.717) is 0 Å². The first kappa shape index (κ1) is 24.2. The molecule has 25 heavy (non-hydrogen) atoms. The number of unbranched alkanes of at least 4 members (excludes halogenated alkanes) is 12. The summed E-state index contributed by atoms with van der Waals surface area (Å²) in [5.74, 6) is 0. The van der Waals surface area contributed by atoms with Crippen LogP contribution in [-0.2, 0) is 9.47 Å². The molecule has 0 N–H and O–H groups in total. The molecule has 0 aliphatic carbocycles. The van der Waals surface area contributed by atoms with Gasteiger partial charge in [0.15, 0.2) is 0 Å². The van der Waals surface area contributed by atoms with Gasteiger partial charge in [-0.3, -0.25) is 0 Å². The van der Waals surface area contributed by atoms with E-state index in [9.17, 15) is 0 Å². The van der Waals surface area contributed by atoms with Crippen LogP contribution in [0.2, 0.25) is 0 Å². The van der Waals surface area contributed by atoms with E-state index in [4.69, 9.17) is 15.0 Å². The molecule has 0 rings (SSSR count). The summed E-state index contributed by atoms with van der Waals surface area (Å²) >= 11 is 0. The Morgan fingerprint density at radius 3 is 1.76 bits per heavy atom. The molecule has 0 saturated carbocycles. The molecular weight excluding hydrogens is 314 g/mol. The van der Waals surface area contributed by atoms with E-state index in [0.717, 1.165) is 12.8 Å². The first-order valence-corrected chi connectivity index (χ1v) is 10.4. The van der Waals surface area contributed by atoms with Gasteiger partial charge >= 0.3 is 0 Å². The highest BCUT2D eigenvalue weighted by atomic mass is 16.7. The van der Waals surface area contributed by atoms with Crippen molar-refractivity contribution in [3.8, 4) is 0 Å². The largest absolute Gasteiger partial charge is 0.359 e. The van der Waals surface area contributed by atoms with Crippen molar-refractivity contribution in [1.82, 2.24) is 0 Å². The van der Waals surface area contributed by atoms with Gasteiger partial charge in [-0.1, -0.05) is 102 Å². The smallest absolute Gasteiger partial charge is 0.146 e. The molecule has 0 saturated heterocycles. The van der Waals surface area contributed by atoms with Gasteiger partial charge in [0, 0.05) is 12.0 Å². The zero-order valence-corrected chi connectivity index (χ0v) is 16.9. The van der Waals surface area contributed by atoms with Crippen LogP contribution in [0.5, 0.6) is 0 Å². The lowest BCUT2D eigenvalue weighted by Gasteiger charge is -2.20. The summed E-state index contributed by atoms with van der Waals surface area (Å²) in [6.07, 6.45) is 18.5. The molecule has 5 nitrogen and oxygen atoms in total. The fraction of sp³-hybridized carbons (Fsp3) is 1.00. The number of azide groups is 1. The third-order valence-electron chi connectivity index (χ3n) is 4.76. The first-order valence-electron chi connectivity index (χ1n) is 10.4. The van der Waals surface area contributed by atoms with Crippen LogP contribution in [0.3, 0.4) is 0 Å². The summed E-state index contributed by atoms with van der Waals surface area (Å²) in [5, 5.41) is 3.76. The van der Waals surface area contributed by atoms with E-state index in [1.54, 1.807) is 7.11 Å². The van der Waals surface area contributed by atoms with Crippen molar-refractivity contribution < 1.29 is 9.47 Å². The van der Waals surface area contributed by atoms with Gasteiger partial charge < -0.3 is 9.47 Å². The van der Waals surface area contributed by atoms with Gasteiger partial charge in [-0.15, -0.1) is 0 Å². The molecule has 0 aliphatic heterocycles. The molecular formula is C20H41N3O2. The Hall–Kier alpha value is -0.770. The van der Waals surface area contributed by atoms with Crippen LogP contribution in [0, 0.1) is 0 Å². The Bertz CT molecular complexity index is 320. The van der Waals surface area contributed by atoms with Crippen LogP contribution in [0.15, 0.2) is 5.11 Å². The second kappa shape index (κ2) is 19.6. The summed E-state index contributed by atoms with van der Waals surface area (Å²) in [6.45, 7) is 4.43. The Morgan fingerprint density at radius 2 is 1.32 bits per heavy atom. The molecule has 0 aromatic carbocycles. The van der Waals surface area contributed by atoms with Gasteiger partial charge in [0.25, 0.3) is 0 Å². The van der Waals surface area contributed by atoms with Gasteiger partial charge in [-0.05, 0) is 12.0 Å². The molecule has 0 fully saturated rings. The zero-order chi connectivity index (χ0) is 18.6. The standard InChI is InChI=1S/C20H41N3O2/c1-4-5-6-7-8-9-10-11-12-13-14-15-16-17-20(25-18-24-3)19(2)22-23-21/h19-20H,4-18H2,1-3H3/t19-,20+/m0/s1. The van der Waals surface area contributed by atoms with E-state index in [2.05, 4.69) is 16.9 Å². The monoisotopic (exact) mass is 355 g/mol. The quantitative estimate of drug-likeness (QED) is 0.0811. The van der Waals surface area contributed by atoms with E-state index >= 15 is 0 Å². The lowest BCUT2D eigenvalue weighted by atomic mass is 10.0. The molecule has 0 unspecified atom stereocenters. The van der Waals surface area contributed by atoms with Crippen LogP contribution in [0.4, 0.5) is 0 Å². The molecule has 0 aromatic heterocycles. The normalized spacial score (nSPS) is 13.4. The average Bonchev–Trinajstić information content (AvgIpc) is 2.61. The molecule has 5 heteroatoms. The van der Waals surface area contributed by atoms with Crippen molar-refractivity contribution in [2.75, 3.05) is 13.9 Å². The van der Waals surface area contributed by atoms with Crippen LogP contribution < -0.4 is 0 Å². The SMILES string of the molecule is CCCCCCCCCCCCCCC[C@@H](OCOC)[C@H](C)N=[N+]=[N-]. The van der Waals surface area contributed by atoms with E-state index in [1.165, 1.54) is 77.0 Å². The Kier molecular flexibility index (Phi) is 19.0. The number of nitrogens with zero attached hydrogens (tertiary/aromatic N) is 3. The molecule has 0 radical (unpaired) electrons. The molecule has 2 atom stereocenters. The summed E-state index contributed by atoms with van der Waals surface area (Å²) in [7, 11) is 1.61. The third kappa shape index (κ3) is 16.4. The van der Waals surface area contributed by atoms with E-state index in [1.807, 2.05) is 6.92 Å². The zero-order valence-electron chi connectivity index (χ0n) is 16.9. The predicted octanol–water partition coefficient (Wildman–Crippen LogP) is 7.16. The molecule has 0 amide bonds. The van der Waals surface area contributed by atoms with Crippen molar-refractivity contribution >= 4 is 0 Å². The third-order valence-corrected chi connectivity index (χ3v) is 4.76. The fourth-order valence-corrected chi connectivity index (χ4v) is 3.14. The average molecular weight is 356 g/mol. The summed E-state index contributed by atoms with van der Waals surface area (Å²) in [4.78, 5) is 2.88. The summed E-state index contributed by atoms with van der Waals surface area (Å²) in [5.41, 5.74) is 8.57.